The fourth-order valence-corrected chi connectivity index (χ4v) is 6.28. The molecule has 0 saturated carbocycles. The van der Waals surface area contributed by atoms with E-state index in [1.807, 2.05) is 18.2 Å². The standard InChI is InChI=1S/C31H33FN6O6S/c1-19-25-26(39)37(31(2,3)29(40)44-18-20-8-6-5-7-9-20)30(41)36(28(25)45-27(19)38-34-13-14-35-38)17-24(43-15-12-33)22-16-21(32)10-11-23(22)42-4/h5-11,13-14,16,24H,12,15,17-18,33H2,1-4H3/t24-/m0/s1. The Morgan fingerprint density at radius 1 is 1.11 bits per heavy atom. The largest absolute Gasteiger partial charge is 0.496 e. The Labute approximate surface area is 261 Å². The first-order chi connectivity index (χ1) is 21.6. The molecule has 1 atom stereocenters. The van der Waals surface area contributed by atoms with Crippen molar-refractivity contribution in [3.05, 3.63) is 104 Å². The molecule has 0 aliphatic rings. The van der Waals surface area contributed by atoms with Crippen LogP contribution in [-0.2, 0) is 33.0 Å². The highest BCUT2D eigenvalue weighted by atomic mass is 32.1. The minimum atomic E-state index is -1.72. The zero-order valence-electron chi connectivity index (χ0n) is 25.2. The van der Waals surface area contributed by atoms with Crippen LogP contribution in [-0.4, -0.2) is 50.4 Å². The van der Waals surface area contributed by atoms with E-state index in [2.05, 4.69) is 10.2 Å². The molecule has 14 heteroatoms. The van der Waals surface area contributed by atoms with Crippen LogP contribution in [0.4, 0.5) is 4.39 Å². The molecule has 2 N–H and O–H groups in total. The van der Waals surface area contributed by atoms with Crippen molar-refractivity contribution >= 4 is 27.5 Å². The first-order valence-electron chi connectivity index (χ1n) is 14.1. The van der Waals surface area contributed by atoms with Crippen LogP contribution in [0.3, 0.4) is 0 Å². The number of methoxy groups -OCH3 is 1. The monoisotopic (exact) mass is 636 g/mol. The summed E-state index contributed by atoms with van der Waals surface area (Å²) in [5, 5.41) is 9.11. The van der Waals surface area contributed by atoms with Crippen molar-refractivity contribution in [1.29, 1.82) is 0 Å². The van der Waals surface area contributed by atoms with E-state index < -0.39 is 34.7 Å². The molecule has 0 spiro atoms. The molecule has 0 unspecified atom stereocenters. The SMILES string of the molecule is COc1ccc(F)cc1[C@H](Cn1c(=O)n(C(C)(C)C(=O)OCc2ccccc2)c(=O)c2c(C)c(-n3nccn3)sc21)OCCN. The maximum atomic E-state index is 14.5. The van der Waals surface area contributed by atoms with Gasteiger partial charge in [-0.1, -0.05) is 41.7 Å². The third kappa shape index (κ3) is 6.16. The molecule has 5 rings (SSSR count). The van der Waals surface area contributed by atoms with E-state index in [1.54, 1.807) is 19.1 Å². The third-order valence-corrected chi connectivity index (χ3v) is 8.66. The van der Waals surface area contributed by atoms with Crippen molar-refractivity contribution in [2.45, 2.75) is 45.6 Å². The predicted octanol–water partition coefficient (Wildman–Crippen LogP) is 3.46. The Bertz CT molecular complexity index is 1930. The van der Waals surface area contributed by atoms with Crippen molar-refractivity contribution in [2.75, 3.05) is 20.3 Å². The van der Waals surface area contributed by atoms with Gasteiger partial charge in [-0.15, -0.1) is 4.80 Å². The van der Waals surface area contributed by atoms with E-state index in [4.69, 9.17) is 19.9 Å². The number of hydrogen-bond acceptors (Lipinski definition) is 10. The second-order valence-electron chi connectivity index (χ2n) is 10.7. The highest BCUT2D eigenvalue weighted by molar-refractivity contribution is 7.21. The number of esters is 1. The van der Waals surface area contributed by atoms with E-state index in [1.165, 1.54) is 60.9 Å². The first-order valence-corrected chi connectivity index (χ1v) is 14.9. The zero-order chi connectivity index (χ0) is 32.3. The van der Waals surface area contributed by atoms with Gasteiger partial charge in [-0.25, -0.2) is 18.5 Å². The Hall–Kier alpha value is -4.66. The minimum absolute atomic E-state index is 0.0464. The van der Waals surface area contributed by atoms with Crippen molar-refractivity contribution in [3.8, 4) is 10.8 Å². The zero-order valence-corrected chi connectivity index (χ0v) is 26.0. The number of carbonyl (C=O) groups excluding carboxylic acids is 1. The summed E-state index contributed by atoms with van der Waals surface area (Å²) in [6.45, 7) is 4.66. The van der Waals surface area contributed by atoms with Gasteiger partial charge in [0.25, 0.3) is 5.56 Å². The van der Waals surface area contributed by atoms with Crippen LogP contribution >= 0.6 is 11.3 Å². The van der Waals surface area contributed by atoms with Gasteiger partial charge in [0, 0.05) is 17.7 Å². The van der Waals surface area contributed by atoms with Gasteiger partial charge in [0.05, 0.1) is 38.0 Å². The Morgan fingerprint density at radius 2 is 1.82 bits per heavy atom. The molecule has 0 aliphatic carbocycles. The van der Waals surface area contributed by atoms with E-state index in [0.29, 0.717) is 26.7 Å². The number of halogens is 1. The number of carbonyl (C=O) groups is 1. The molecule has 0 bridgehead atoms. The summed E-state index contributed by atoms with van der Waals surface area (Å²) >= 11 is 1.13. The third-order valence-electron chi connectivity index (χ3n) is 7.38. The summed E-state index contributed by atoms with van der Waals surface area (Å²) in [6.07, 6.45) is 2.06. The summed E-state index contributed by atoms with van der Waals surface area (Å²) in [6, 6.07) is 13.0. The van der Waals surface area contributed by atoms with Gasteiger partial charge in [0.2, 0.25) is 0 Å². The number of aromatic nitrogens is 5. The molecule has 2 aromatic carbocycles. The van der Waals surface area contributed by atoms with Crippen LogP contribution in [0.1, 0.15) is 36.6 Å². The number of thiophene rings is 1. The molecule has 0 radical (unpaired) electrons. The number of ether oxygens (including phenoxy) is 3. The number of aryl methyl sites for hydroxylation is 1. The average Bonchev–Trinajstić information content (AvgIpc) is 3.68. The number of nitrogens with two attached hydrogens (primary N) is 1. The van der Waals surface area contributed by atoms with Gasteiger partial charge < -0.3 is 19.9 Å². The van der Waals surface area contributed by atoms with Crippen molar-refractivity contribution < 1.29 is 23.4 Å². The van der Waals surface area contributed by atoms with Crippen molar-refractivity contribution in [2.24, 2.45) is 5.73 Å². The molecule has 0 fully saturated rings. The topological polar surface area (TPSA) is 145 Å². The van der Waals surface area contributed by atoms with Crippen LogP contribution in [0.25, 0.3) is 15.2 Å². The van der Waals surface area contributed by atoms with Gasteiger partial charge in [0.15, 0.2) is 0 Å². The van der Waals surface area contributed by atoms with Gasteiger partial charge in [-0.2, -0.15) is 10.2 Å². The summed E-state index contributed by atoms with van der Waals surface area (Å²) in [5.41, 5.74) is 4.15. The van der Waals surface area contributed by atoms with E-state index >= 15 is 0 Å². The lowest BCUT2D eigenvalue weighted by Gasteiger charge is -2.27. The highest BCUT2D eigenvalue weighted by Gasteiger charge is 2.37. The number of benzene rings is 2. The molecule has 236 valence electrons. The second kappa shape index (κ2) is 13.1. The van der Waals surface area contributed by atoms with Gasteiger partial charge >= 0.3 is 11.7 Å². The fourth-order valence-electron chi connectivity index (χ4n) is 5.06. The number of hydrogen-bond donors (Lipinski definition) is 1. The first kappa shape index (κ1) is 31.8. The molecule has 5 aromatic rings. The molecule has 3 heterocycles. The molecule has 0 amide bonds. The lowest BCUT2D eigenvalue weighted by atomic mass is 10.0. The van der Waals surface area contributed by atoms with Crippen LogP contribution in [0.15, 0.2) is 70.5 Å². The molecule has 3 aromatic heterocycles. The fraction of sp³-hybridized carbons (Fsp3) is 0.323. The Morgan fingerprint density at radius 3 is 2.49 bits per heavy atom. The lowest BCUT2D eigenvalue weighted by Crippen LogP contribution is -2.53. The summed E-state index contributed by atoms with van der Waals surface area (Å²) in [5.74, 6) is -0.971. The predicted molar refractivity (Wildman–Crippen MR) is 166 cm³/mol. The van der Waals surface area contributed by atoms with Crippen LogP contribution in [0, 0.1) is 12.7 Å². The van der Waals surface area contributed by atoms with Crippen LogP contribution in [0.5, 0.6) is 5.75 Å². The minimum Gasteiger partial charge on any atom is -0.496 e. The van der Waals surface area contributed by atoms with E-state index in [-0.39, 0.29) is 31.7 Å². The smallest absolute Gasteiger partial charge is 0.333 e. The molecule has 0 aliphatic heterocycles. The number of fused-ring (bicyclic) bond motifs is 1. The normalized spacial score (nSPS) is 12.4. The molecule has 0 saturated heterocycles. The van der Waals surface area contributed by atoms with Crippen molar-refractivity contribution in [1.82, 2.24) is 24.1 Å². The summed E-state index contributed by atoms with van der Waals surface area (Å²) < 4.78 is 33.8. The van der Waals surface area contributed by atoms with Gasteiger partial charge in [-0.05, 0) is 44.5 Å². The Kier molecular flexibility index (Phi) is 9.27. The molecular weight excluding hydrogens is 603 g/mol. The van der Waals surface area contributed by atoms with E-state index in [9.17, 15) is 18.8 Å². The van der Waals surface area contributed by atoms with Crippen molar-refractivity contribution in [3.63, 3.8) is 0 Å². The molecule has 45 heavy (non-hydrogen) atoms. The maximum Gasteiger partial charge on any atom is 0.333 e. The second-order valence-corrected chi connectivity index (χ2v) is 11.7. The lowest BCUT2D eigenvalue weighted by molar-refractivity contribution is -0.154. The molecular formula is C31H33FN6O6S. The average molecular weight is 637 g/mol. The number of nitrogens with zero attached hydrogens (tertiary/aromatic N) is 5. The van der Waals surface area contributed by atoms with Gasteiger partial charge in [0.1, 0.15) is 39.6 Å². The van der Waals surface area contributed by atoms with E-state index in [0.717, 1.165) is 21.5 Å². The summed E-state index contributed by atoms with van der Waals surface area (Å²) in [7, 11) is 1.44. The number of rotatable bonds is 12. The molecule has 12 nitrogen and oxygen atoms in total. The summed E-state index contributed by atoms with van der Waals surface area (Å²) in [4.78, 5) is 43.8. The highest BCUT2D eigenvalue weighted by Crippen LogP contribution is 2.34. The van der Waals surface area contributed by atoms with Crippen LogP contribution in [0.2, 0.25) is 0 Å². The quantitative estimate of drug-likeness (QED) is 0.204. The Balaban J connectivity index is 1.70. The van der Waals surface area contributed by atoms with Gasteiger partial charge in [-0.3, -0.25) is 9.36 Å². The maximum absolute atomic E-state index is 14.5. The van der Waals surface area contributed by atoms with Crippen LogP contribution < -0.4 is 21.7 Å².